The van der Waals surface area contributed by atoms with Crippen molar-refractivity contribution < 1.29 is 0 Å². The van der Waals surface area contributed by atoms with E-state index in [1.165, 1.54) is 22.0 Å². The van der Waals surface area contributed by atoms with E-state index in [9.17, 15) is 0 Å². The number of nitrogens with zero attached hydrogens (tertiary/aromatic N) is 1. The summed E-state index contributed by atoms with van der Waals surface area (Å²) >= 11 is 0. The molecule has 0 amide bonds. The SMILES string of the molecule is CCCN=C(N)NCCc1c[nH]c2cccc(C)c12. The smallest absolute Gasteiger partial charge is 0.188 e. The number of fused-ring (bicyclic) bond motifs is 1. The molecule has 4 heteroatoms. The van der Waals surface area contributed by atoms with Gasteiger partial charge in [0.15, 0.2) is 5.96 Å². The standard InChI is InChI=1S/C15H22N4/c1-3-8-17-15(16)18-9-7-12-10-19-13-6-4-5-11(2)14(12)13/h4-6,10,19H,3,7-9H2,1-2H3,(H3,16,17,18). The molecule has 0 radical (unpaired) electrons. The van der Waals surface area contributed by atoms with Gasteiger partial charge in [0.25, 0.3) is 0 Å². The number of nitrogens with one attached hydrogen (secondary N) is 2. The van der Waals surface area contributed by atoms with Crippen LogP contribution in [-0.2, 0) is 6.42 Å². The van der Waals surface area contributed by atoms with Crippen molar-refractivity contribution in [2.45, 2.75) is 26.7 Å². The van der Waals surface area contributed by atoms with Crippen LogP contribution in [0.3, 0.4) is 0 Å². The highest BCUT2D eigenvalue weighted by Gasteiger charge is 2.05. The van der Waals surface area contributed by atoms with Crippen LogP contribution in [0.1, 0.15) is 24.5 Å². The predicted octanol–water partition coefficient (Wildman–Crippen LogP) is 2.33. The van der Waals surface area contributed by atoms with E-state index in [4.69, 9.17) is 5.73 Å². The highest BCUT2D eigenvalue weighted by atomic mass is 15.1. The third-order valence-electron chi connectivity index (χ3n) is 3.20. The van der Waals surface area contributed by atoms with E-state index in [-0.39, 0.29) is 0 Å². The van der Waals surface area contributed by atoms with E-state index in [1.807, 2.05) is 0 Å². The average molecular weight is 258 g/mol. The topological polar surface area (TPSA) is 66.2 Å². The normalized spacial score (nSPS) is 12.0. The summed E-state index contributed by atoms with van der Waals surface area (Å²) in [6, 6.07) is 6.33. The lowest BCUT2D eigenvalue weighted by atomic mass is 10.1. The summed E-state index contributed by atoms with van der Waals surface area (Å²) in [5.74, 6) is 0.540. The lowest BCUT2D eigenvalue weighted by Gasteiger charge is -2.05. The Bertz CT molecular complexity index is 569. The number of guanidine groups is 1. The Balaban J connectivity index is 1.99. The molecule has 4 nitrogen and oxygen atoms in total. The summed E-state index contributed by atoms with van der Waals surface area (Å²) in [4.78, 5) is 7.53. The van der Waals surface area contributed by atoms with Gasteiger partial charge in [-0.05, 0) is 37.0 Å². The van der Waals surface area contributed by atoms with Crippen LogP contribution in [0.15, 0.2) is 29.4 Å². The third kappa shape index (κ3) is 3.28. The lowest BCUT2D eigenvalue weighted by molar-refractivity contribution is 0.842. The minimum absolute atomic E-state index is 0.540. The molecular formula is C15H22N4. The molecule has 1 aromatic heterocycles. The maximum Gasteiger partial charge on any atom is 0.188 e. The van der Waals surface area contributed by atoms with Gasteiger partial charge in [0.1, 0.15) is 0 Å². The van der Waals surface area contributed by atoms with Gasteiger partial charge in [-0.15, -0.1) is 0 Å². The van der Waals surface area contributed by atoms with Crippen LogP contribution in [0.2, 0.25) is 0 Å². The Labute approximate surface area is 114 Å². The van der Waals surface area contributed by atoms with Crippen LogP contribution in [0, 0.1) is 6.92 Å². The van der Waals surface area contributed by atoms with Crippen molar-refractivity contribution >= 4 is 16.9 Å². The molecule has 0 unspecified atom stereocenters. The fourth-order valence-corrected chi connectivity index (χ4v) is 2.26. The molecule has 4 N–H and O–H groups in total. The van der Waals surface area contributed by atoms with Crippen LogP contribution in [-0.4, -0.2) is 24.0 Å². The van der Waals surface area contributed by atoms with Gasteiger partial charge in [0.05, 0.1) is 0 Å². The lowest BCUT2D eigenvalue weighted by Crippen LogP contribution is -2.33. The zero-order chi connectivity index (χ0) is 13.7. The van der Waals surface area contributed by atoms with Crippen molar-refractivity contribution in [1.82, 2.24) is 10.3 Å². The minimum Gasteiger partial charge on any atom is -0.370 e. The highest BCUT2D eigenvalue weighted by Crippen LogP contribution is 2.22. The van der Waals surface area contributed by atoms with E-state index < -0.39 is 0 Å². The van der Waals surface area contributed by atoms with Gasteiger partial charge in [-0.2, -0.15) is 0 Å². The molecule has 19 heavy (non-hydrogen) atoms. The molecule has 0 atom stereocenters. The minimum atomic E-state index is 0.540. The van der Waals surface area contributed by atoms with E-state index >= 15 is 0 Å². The molecular weight excluding hydrogens is 236 g/mol. The molecule has 0 saturated heterocycles. The maximum absolute atomic E-state index is 5.77. The van der Waals surface area contributed by atoms with E-state index in [0.29, 0.717) is 5.96 Å². The molecule has 0 fully saturated rings. The Morgan fingerprint density at radius 1 is 1.42 bits per heavy atom. The van der Waals surface area contributed by atoms with Gasteiger partial charge in [-0.25, -0.2) is 0 Å². The number of hydrogen-bond acceptors (Lipinski definition) is 1. The summed E-state index contributed by atoms with van der Waals surface area (Å²) in [5, 5.41) is 4.48. The highest BCUT2D eigenvalue weighted by molar-refractivity contribution is 5.86. The second-order valence-electron chi connectivity index (χ2n) is 4.76. The summed E-state index contributed by atoms with van der Waals surface area (Å²) in [5.41, 5.74) is 9.60. The molecule has 0 aliphatic carbocycles. The monoisotopic (exact) mass is 258 g/mol. The number of aromatic nitrogens is 1. The number of rotatable bonds is 5. The van der Waals surface area contributed by atoms with Crippen LogP contribution in [0.5, 0.6) is 0 Å². The number of H-pyrrole nitrogens is 1. The van der Waals surface area contributed by atoms with Gasteiger partial charge in [-0.1, -0.05) is 19.1 Å². The predicted molar refractivity (Wildman–Crippen MR) is 81.5 cm³/mol. The third-order valence-corrected chi connectivity index (χ3v) is 3.20. The molecule has 1 aromatic carbocycles. The van der Waals surface area contributed by atoms with E-state index in [2.05, 4.69) is 53.5 Å². The van der Waals surface area contributed by atoms with Crippen LogP contribution in [0.4, 0.5) is 0 Å². The summed E-state index contributed by atoms with van der Waals surface area (Å²) in [6.45, 7) is 5.82. The number of aryl methyl sites for hydroxylation is 1. The quantitative estimate of drug-likeness (QED) is 0.569. The van der Waals surface area contributed by atoms with Crippen molar-refractivity contribution in [1.29, 1.82) is 0 Å². The zero-order valence-corrected chi connectivity index (χ0v) is 11.7. The van der Waals surface area contributed by atoms with Gasteiger partial charge < -0.3 is 16.0 Å². The maximum atomic E-state index is 5.77. The van der Waals surface area contributed by atoms with Gasteiger partial charge in [-0.3, -0.25) is 4.99 Å². The largest absolute Gasteiger partial charge is 0.370 e. The summed E-state index contributed by atoms with van der Waals surface area (Å²) in [7, 11) is 0. The number of hydrogen-bond donors (Lipinski definition) is 3. The van der Waals surface area contributed by atoms with Crippen LogP contribution >= 0.6 is 0 Å². The fourth-order valence-electron chi connectivity index (χ4n) is 2.26. The van der Waals surface area contributed by atoms with Gasteiger partial charge >= 0.3 is 0 Å². The number of benzene rings is 1. The van der Waals surface area contributed by atoms with Crippen LogP contribution < -0.4 is 11.1 Å². The molecule has 102 valence electrons. The molecule has 1 heterocycles. The molecule has 0 aliphatic rings. The molecule has 0 saturated carbocycles. The first-order chi connectivity index (χ1) is 9.22. The first kappa shape index (κ1) is 13.5. The molecule has 0 aliphatic heterocycles. The first-order valence-corrected chi connectivity index (χ1v) is 6.81. The first-order valence-electron chi connectivity index (χ1n) is 6.81. The second kappa shape index (κ2) is 6.27. The molecule has 0 bridgehead atoms. The second-order valence-corrected chi connectivity index (χ2v) is 4.76. The van der Waals surface area contributed by atoms with Crippen molar-refractivity contribution in [3.05, 3.63) is 35.5 Å². The van der Waals surface area contributed by atoms with Crippen molar-refractivity contribution in [3.63, 3.8) is 0 Å². The van der Waals surface area contributed by atoms with Gasteiger partial charge in [0.2, 0.25) is 0 Å². The number of nitrogens with two attached hydrogens (primary N) is 1. The molecule has 2 rings (SSSR count). The Hall–Kier alpha value is -1.97. The van der Waals surface area contributed by atoms with Gasteiger partial charge in [0, 0.05) is 30.2 Å². The number of aromatic amines is 1. The Morgan fingerprint density at radius 3 is 3.05 bits per heavy atom. The number of aliphatic imine (C=N–C) groups is 1. The fraction of sp³-hybridized carbons (Fsp3) is 0.400. The van der Waals surface area contributed by atoms with Crippen molar-refractivity contribution in [2.75, 3.05) is 13.1 Å². The molecule has 0 spiro atoms. The Kier molecular flexibility index (Phi) is 4.44. The van der Waals surface area contributed by atoms with E-state index in [1.54, 1.807) is 0 Å². The van der Waals surface area contributed by atoms with Crippen molar-refractivity contribution in [2.24, 2.45) is 10.7 Å². The average Bonchev–Trinajstić information content (AvgIpc) is 2.81. The van der Waals surface area contributed by atoms with Crippen LogP contribution in [0.25, 0.3) is 10.9 Å². The Morgan fingerprint density at radius 2 is 2.26 bits per heavy atom. The van der Waals surface area contributed by atoms with E-state index in [0.717, 1.165) is 25.9 Å². The van der Waals surface area contributed by atoms with Crippen molar-refractivity contribution in [3.8, 4) is 0 Å². The molecule has 2 aromatic rings. The zero-order valence-electron chi connectivity index (χ0n) is 11.7. The summed E-state index contributed by atoms with van der Waals surface area (Å²) < 4.78 is 0. The summed E-state index contributed by atoms with van der Waals surface area (Å²) in [6.07, 6.45) is 4.04.